The molecule has 6 heteroatoms. The summed E-state index contributed by atoms with van der Waals surface area (Å²) in [6.45, 7) is 3.12. The predicted molar refractivity (Wildman–Crippen MR) is 96.5 cm³/mol. The molecule has 1 unspecified atom stereocenters. The Labute approximate surface area is 154 Å². The summed E-state index contributed by atoms with van der Waals surface area (Å²) in [4.78, 5) is 32.5. The molecule has 0 aromatic carbocycles. The molecule has 3 heterocycles. The number of carbonyl (C=O) groups is 2. The van der Waals surface area contributed by atoms with E-state index < -0.39 is 12.0 Å². The highest BCUT2D eigenvalue weighted by Crippen LogP contribution is 2.44. The zero-order valence-corrected chi connectivity index (χ0v) is 15.1. The van der Waals surface area contributed by atoms with Crippen LogP contribution in [0.5, 0.6) is 0 Å². The second-order valence-corrected chi connectivity index (χ2v) is 8.20. The van der Waals surface area contributed by atoms with E-state index in [2.05, 4.69) is 9.88 Å². The smallest absolute Gasteiger partial charge is 0.320 e. The van der Waals surface area contributed by atoms with Crippen molar-refractivity contribution in [2.45, 2.75) is 44.6 Å². The summed E-state index contributed by atoms with van der Waals surface area (Å²) in [5, 5.41) is 9.69. The fraction of sp³-hybridized carbons (Fsp3) is 0.650. The van der Waals surface area contributed by atoms with E-state index in [4.69, 9.17) is 0 Å². The molecule has 0 bridgehead atoms. The van der Waals surface area contributed by atoms with Crippen molar-refractivity contribution in [3.8, 4) is 0 Å². The SMILES string of the molecule is O=C(O)C1CC2(CCN(C(=O)C3CC3)CC2)CN1CCc1ccccn1. The number of hydrogen-bond acceptors (Lipinski definition) is 4. The van der Waals surface area contributed by atoms with Crippen molar-refractivity contribution in [1.29, 1.82) is 0 Å². The zero-order chi connectivity index (χ0) is 18.1. The fourth-order valence-corrected chi connectivity index (χ4v) is 4.58. The number of amides is 1. The van der Waals surface area contributed by atoms with Crippen LogP contribution >= 0.6 is 0 Å². The molecule has 1 spiro atoms. The molecule has 1 aromatic heterocycles. The summed E-state index contributed by atoms with van der Waals surface area (Å²) in [6, 6.07) is 5.44. The Kier molecular flexibility index (Phi) is 4.69. The highest BCUT2D eigenvalue weighted by molar-refractivity contribution is 5.81. The van der Waals surface area contributed by atoms with Crippen LogP contribution in [0.25, 0.3) is 0 Å². The Hall–Kier alpha value is -1.95. The minimum atomic E-state index is -0.723. The molecule has 2 saturated heterocycles. The number of piperidine rings is 1. The molecule has 1 aliphatic carbocycles. The molecule has 1 amide bonds. The van der Waals surface area contributed by atoms with Crippen LogP contribution in [0.3, 0.4) is 0 Å². The predicted octanol–water partition coefficient (Wildman–Crippen LogP) is 1.80. The quantitative estimate of drug-likeness (QED) is 0.870. The number of aliphatic carboxylic acids is 1. The van der Waals surface area contributed by atoms with E-state index in [0.717, 1.165) is 64.0 Å². The van der Waals surface area contributed by atoms with Crippen molar-refractivity contribution in [2.24, 2.45) is 11.3 Å². The van der Waals surface area contributed by atoms with Crippen LogP contribution < -0.4 is 0 Å². The van der Waals surface area contributed by atoms with Crippen LogP contribution in [-0.4, -0.2) is 64.0 Å². The first-order chi connectivity index (χ1) is 12.6. The average Bonchev–Trinajstić information content (AvgIpc) is 3.44. The van der Waals surface area contributed by atoms with Crippen molar-refractivity contribution >= 4 is 11.9 Å². The summed E-state index contributed by atoms with van der Waals surface area (Å²) < 4.78 is 0. The van der Waals surface area contributed by atoms with Gasteiger partial charge in [-0.15, -0.1) is 0 Å². The van der Waals surface area contributed by atoms with Gasteiger partial charge in [-0.2, -0.15) is 0 Å². The van der Waals surface area contributed by atoms with Gasteiger partial charge in [0.05, 0.1) is 0 Å². The van der Waals surface area contributed by atoms with Gasteiger partial charge in [-0.05, 0) is 49.7 Å². The average molecular weight is 357 g/mol. The second kappa shape index (κ2) is 6.99. The Morgan fingerprint density at radius 1 is 1.23 bits per heavy atom. The maximum absolute atomic E-state index is 12.3. The van der Waals surface area contributed by atoms with E-state index in [1.807, 2.05) is 23.1 Å². The van der Waals surface area contributed by atoms with Crippen molar-refractivity contribution in [1.82, 2.24) is 14.8 Å². The van der Waals surface area contributed by atoms with Gasteiger partial charge < -0.3 is 10.0 Å². The van der Waals surface area contributed by atoms with Gasteiger partial charge in [0.2, 0.25) is 5.91 Å². The number of carboxylic acid groups (broad SMARTS) is 1. The summed E-state index contributed by atoms with van der Waals surface area (Å²) in [5.41, 5.74) is 1.05. The molecule has 0 radical (unpaired) electrons. The summed E-state index contributed by atoms with van der Waals surface area (Å²) in [6.07, 6.45) is 7.20. The molecule has 1 atom stereocenters. The molecular weight excluding hydrogens is 330 g/mol. The number of nitrogens with zero attached hydrogens (tertiary/aromatic N) is 3. The van der Waals surface area contributed by atoms with Crippen molar-refractivity contribution in [2.75, 3.05) is 26.2 Å². The first-order valence-corrected chi connectivity index (χ1v) is 9.72. The number of hydrogen-bond donors (Lipinski definition) is 1. The first kappa shape index (κ1) is 17.5. The highest BCUT2D eigenvalue weighted by Gasteiger charge is 2.49. The highest BCUT2D eigenvalue weighted by atomic mass is 16.4. The molecule has 1 saturated carbocycles. The number of aromatic nitrogens is 1. The molecule has 26 heavy (non-hydrogen) atoms. The van der Waals surface area contributed by atoms with Gasteiger partial charge >= 0.3 is 5.97 Å². The first-order valence-electron chi connectivity index (χ1n) is 9.72. The van der Waals surface area contributed by atoms with E-state index in [-0.39, 0.29) is 11.3 Å². The van der Waals surface area contributed by atoms with E-state index >= 15 is 0 Å². The number of carbonyl (C=O) groups excluding carboxylic acids is 1. The zero-order valence-electron chi connectivity index (χ0n) is 15.1. The van der Waals surface area contributed by atoms with Gasteiger partial charge in [-0.3, -0.25) is 19.5 Å². The van der Waals surface area contributed by atoms with Crippen LogP contribution in [0, 0.1) is 11.3 Å². The number of carboxylic acids is 1. The largest absolute Gasteiger partial charge is 0.480 e. The lowest BCUT2D eigenvalue weighted by molar-refractivity contribution is -0.142. The molecule has 1 aromatic rings. The van der Waals surface area contributed by atoms with Crippen LogP contribution in [0.2, 0.25) is 0 Å². The maximum atomic E-state index is 12.3. The third-order valence-corrected chi connectivity index (χ3v) is 6.33. The van der Waals surface area contributed by atoms with Crippen molar-refractivity contribution < 1.29 is 14.7 Å². The lowest BCUT2D eigenvalue weighted by atomic mass is 9.76. The minimum Gasteiger partial charge on any atom is -0.480 e. The van der Waals surface area contributed by atoms with Gasteiger partial charge in [0.25, 0.3) is 0 Å². The molecule has 3 aliphatic rings. The summed E-state index contributed by atoms with van der Waals surface area (Å²) in [5.74, 6) is -0.131. The topological polar surface area (TPSA) is 73.7 Å². The Morgan fingerprint density at radius 3 is 2.62 bits per heavy atom. The lowest BCUT2D eigenvalue weighted by Gasteiger charge is -2.39. The Balaban J connectivity index is 1.37. The third kappa shape index (κ3) is 3.61. The van der Waals surface area contributed by atoms with Crippen LogP contribution in [-0.2, 0) is 16.0 Å². The molecule has 140 valence electrons. The summed E-state index contributed by atoms with van der Waals surface area (Å²) >= 11 is 0. The minimum absolute atomic E-state index is 0.0491. The monoisotopic (exact) mass is 357 g/mol. The van der Waals surface area contributed by atoms with E-state index in [1.54, 1.807) is 6.20 Å². The number of pyridine rings is 1. The van der Waals surface area contributed by atoms with Gasteiger partial charge in [0.1, 0.15) is 6.04 Å². The third-order valence-electron chi connectivity index (χ3n) is 6.33. The maximum Gasteiger partial charge on any atom is 0.320 e. The van der Waals surface area contributed by atoms with Gasteiger partial charge in [0, 0.05) is 50.4 Å². The normalized spacial score (nSPS) is 25.5. The van der Waals surface area contributed by atoms with Gasteiger partial charge in [0.15, 0.2) is 0 Å². The Morgan fingerprint density at radius 2 is 2.00 bits per heavy atom. The van der Waals surface area contributed by atoms with E-state index in [1.165, 1.54) is 0 Å². The lowest BCUT2D eigenvalue weighted by Crippen LogP contribution is -2.44. The van der Waals surface area contributed by atoms with Crippen molar-refractivity contribution in [3.63, 3.8) is 0 Å². The molecule has 4 rings (SSSR count). The molecular formula is C20H27N3O3. The van der Waals surface area contributed by atoms with Crippen molar-refractivity contribution in [3.05, 3.63) is 30.1 Å². The molecule has 1 N–H and O–H groups in total. The van der Waals surface area contributed by atoms with E-state index in [0.29, 0.717) is 12.3 Å². The molecule has 2 aliphatic heterocycles. The standard InChI is InChI=1S/C20H27N3O3/c24-18(15-4-5-15)22-11-7-20(8-12-22)13-17(19(25)26)23(14-20)10-6-16-3-1-2-9-21-16/h1-3,9,15,17H,4-8,10-14H2,(H,25,26). The van der Waals surface area contributed by atoms with Crippen LogP contribution in [0.4, 0.5) is 0 Å². The number of rotatable bonds is 5. The van der Waals surface area contributed by atoms with Gasteiger partial charge in [-0.1, -0.05) is 6.07 Å². The molecule has 3 fully saturated rings. The van der Waals surface area contributed by atoms with Crippen LogP contribution in [0.1, 0.15) is 37.8 Å². The Bertz CT molecular complexity index is 666. The number of likely N-dealkylation sites (tertiary alicyclic amines) is 2. The fourth-order valence-electron chi connectivity index (χ4n) is 4.58. The van der Waals surface area contributed by atoms with Gasteiger partial charge in [-0.25, -0.2) is 0 Å². The summed E-state index contributed by atoms with van der Waals surface area (Å²) in [7, 11) is 0. The van der Waals surface area contributed by atoms with E-state index in [9.17, 15) is 14.7 Å². The van der Waals surface area contributed by atoms with Crippen LogP contribution in [0.15, 0.2) is 24.4 Å². The molecule has 6 nitrogen and oxygen atoms in total. The second-order valence-electron chi connectivity index (χ2n) is 8.20.